The van der Waals surface area contributed by atoms with Gasteiger partial charge in [0.1, 0.15) is 23.7 Å². The summed E-state index contributed by atoms with van der Waals surface area (Å²) in [7, 11) is 0. The third-order valence-corrected chi connectivity index (χ3v) is 3.41. The smallest absolute Gasteiger partial charge is 0.309 e. The van der Waals surface area contributed by atoms with Crippen molar-refractivity contribution in [2.75, 3.05) is 5.32 Å². The zero-order valence-electron chi connectivity index (χ0n) is 12.7. The lowest BCUT2D eigenvalue weighted by Crippen LogP contribution is -2.25. The number of nitro benzene ring substituents is 1. The average Bonchev–Trinajstić information content (AvgIpc) is 2.90. The minimum atomic E-state index is -0.895. The van der Waals surface area contributed by atoms with Gasteiger partial charge in [-0.05, 0) is 19.9 Å². The van der Waals surface area contributed by atoms with E-state index in [4.69, 9.17) is 0 Å². The van der Waals surface area contributed by atoms with Gasteiger partial charge in [-0.2, -0.15) is 5.10 Å². The Morgan fingerprint density at radius 2 is 2.00 bits per heavy atom. The van der Waals surface area contributed by atoms with E-state index in [1.54, 1.807) is 0 Å². The predicted octanol–water partition coefficient (Wildman–Crippen LogP) is 1.91. The largest absolute Gasteiger partial charge is 0.506 e. The number of non-ortho nitro benzene ring substituents is 1. The molecular formula is C13H13N5O6. The zero-order chi connectivity index (χ0) is 18.0. The molecule has 0 saturated heterocycles. The molecule has 11 nitrogen and oxygen atoms in total. The third-order valence-electron chi connectivity index (χ3n) is 3.41. The zero-order valence-corrected chi connectivity index (χ0v) is 12.7. The van der Waals surface area contributed by atoms with Crippen molar-refractivity contribution in [3.63, 3.8) is 0 Å². The van der Waals surface area contributed by atoms with Crippen molar-refractivity contribution in [1.82, 2.24) is 9.78 Å². The summed E-state index contributed by atoms with van der Waals surface area (Å²) in [6, 6.07) is 2.33. The first-order valence-corrected chi connectivity index (χ1v) is 6.69. The summed E-state index contributed by atoms with van der Waals surface area (Å²) in [5, 5.41) is 37.4. The first-order valence-electron chi connectivity index (χ1n) is 6.69. The number of aromatic nitrogens is 2. The summed E-state index contributed by atoms with van der Waals surface area (Å²) >= 11 is 0. The van der Waals surface area contributed by atoms with Gasteiger partial charge >= 0.3 is 5.69 Å². The van der Waals surface area contributed by atoms with E-state index in [9.17, 15) is 30.1 Å². The van der Waals surface area contributed by atoms with Crippen molar-refractivity contribution >= 4 is 23.0 Å². The molecule has 0 radical (unpaired) electrons. The van der Waals surface area contributed by atoms with Gasteiger partial charge in [0.05, 0.1) is 21.6 Å². The summed E-state index contributed by atoms with van der Waals surface area (Å²) < 4.78 is 1.18. The summed E-state index contributed by atoms with van der Waals surface area (Å²) in [6.45, 7) is 2.93. The number of rotatable bonds is 5. The van der Waals surface area contributed by atoms with E-state index < -0.39 is 27.5 Å². The maximum absolute atomic E-state index is 12.2. The Morgan fingerprint density at radius 1 is 1.33 bits per heavy atom. The fourth-order valence-electron chi connectivity index (χ4n) is 2.07. The summed E-state index contributed by atoms with van der Waals surface area (Å²) in [6.07, 6.45) is 1.04. The number of carbonyl (C=O) groups is 1. The molecule has 0 aliphatic carbocycles. The van der Waals surface area contributed by atoms with Crippen LogP contribution < -0.4 is 5.32 Å². The molecule has 11 heteroatoms. The molecule has 2 rings (SSSR count). The molecule has 0 spiro atoms. The lowest BCUT2D eigenvalue weighted by atomic mass is 10.2. The minimum Gasteiger partial charge on any atom is -0.506 e. The number of carbonyl (C=O) groups excluding carboxylic acids is 1. The molecule has 0 aliphatic rings. The van der Waals surface area contributed by atoms with Gasteiger partial charge in [-0.3, -0.25) is 29.7 Å². The Morgan fingerprint density at radius 3 is 2.50 bits per heavy atom. The van der Waals surface area contributed by atoms with E-state index in [0.717, 1.165) is 18.3 Å². The van der Waals surface area contributed by atoms with Crippen LogP contribution in [0.1, 0.15) is 18.7 Å². The fourth-order valence-corrected chi connectivity index (χ4v) is 2.07. The molecule has 24 heavy (non-hydrogen) atoms. The highest BCUT2D eigenvalue weighted by Gasteiger charge is 2.24. The molecule has 1 heterocycles. The molecule has 1 amide bonds. The fraction of sp³-hybridized carbons (Fsp3) is 0.231. The SMILES string of the molecule is Cc1c([N+](=O)[O-])cnn1C(C)C(=O)Nc1ccc([N+](=O)[O-])cc1O. The second-order valence-electron chi connectivity index (χ2n) is 4.94. The molecule has 126 valence electrons. The standard InChI is InChI=1S/C13H13N5O6/c1-7-11(18(23)24)6-14-16(7)8(2)13(20)15-10-4-3-9(17(21)22)5-12(10)19/h3-6,8,19H,1-2H3,(H,15,20). The molecule has 1 aromatic carbocycles. The van der Waals surface area contributed by atoms with Crippen LogP contribution in [0.4, 0.5) is 17.1 Å². The molecule has 0 fully saturated rings. The highest BCUT2D eigenvalue weighted by atomic mass is 16.6. The monoisotopic (exact) mass is 335 g/mol. The number of amides is 1. The summed E-state index contributed by atoms with van der Waals surface area (Å²) in [5.41, 5.74) is -0.350. The van der Waals surface area contributed by atoms with Crippen molar-refractivity contribution in [2.24, 2.45) is 0 Å². The highest BCUT2D eigenvalue weighted by Crippen LogP contribution is 2.29. The average molecular weight is 335 g/mol. The molecule has 0 bridgehead atoms. The Bertz CT molecular complexity index is 830. The van der Waals surface area contributed by atoms with Crippen molar-refractivity contribution in [1.29, 1.82) is 0 Å². The van der Waals surface area contributed by atoms with Gasteiger partial charge in [0.25, 0.3) is 5.69 Å². The van der Waals surface area contributed by atoms with Crippen LogP contribution in [0.15, 0.2) is 24.4 Å². The first kappa shape index (κ1) is 16.9. The quantitative estimate of drug-likeness (QED) is 0.480. The van der Waals surface area contributed by atoms with Crippen LogP contribution in [-0.4, -0.2) is 30.6 Å². The molecule has 2 aromatic rings. The number of anilines is 1. The normalized spacial score (nSPS) is 11.8. The van der Waals surface area contributed by atoms with Gasteiger partial charge in [-0.25, -0.2) is 0 Å². The second-order valence-corrected chi connectivity index (χ2v) is 4.94. The van der Waals surface area contributed by atoms with Crippen molar-refractivity contribution in [3.05, 3.63) is 50.3 Å². The van der Waals surface area contributed by atoms with E-state index in [-0.39, 0.29) is 22.8 Å². The number of benzene rings is 1. The predicted molar refractivity (Wildman–Crippen MR) is 81.7 cm³/mol. The first-order chi connectivity index (χ1) is 11.2. The van der Waals surface area contributed by atoms with Crippen molar-refractivity contribution in [2.45, 2.75) is 19.9 Å². The van der Waals surface area contributed by atoms with E-state index in [0.29, 0.717) is 0 Å². The van der Waals surface area contributed by atoms with E-state index in [1.165, 1.54) is 24.6 Å². The number of nitrogens with zero attached hydrogens (tertiary/aromatic N) is 4. The highest BCUT2D eigenvalue weighted by molar-refractivity contribution is 5.95. The van der Waals surface area contributed by atoms with Crippen LogP contribution in [0.3, 0.4) is 0 Å². The van der Waals surface area contributed by atoms with Crippen LogP contribution in [0, 0.1) is 27.2 Å². The van der Waals surface area contributed by atoms with Gasteiger partial charge in [-0.15, -0.1) is 0 Å². The van der Waals surface area contributed by atoms with Gasteiger partial charge < -0.3 is 10.4 Å². The summed E-state index contributed by atoms with van der Waals surface area (Å²) in [4.78, 5) is 32.4. The van der Waals surface area contributed by atoms with Gasteiger partial charge in [0.2, 0.25) is 5.91 Å². The van der Waals surface area contributed by atoms with Gasteiger partial charge in [0, 0.05) is 6.07 Å². The number of hydrogen-bond acceptors (Lipinski definition) is 7. The number of nitrogens with one attached hydrogen (secondary N) is 1. The van der Waals surface area contributed by atoms with Gasteiger partial charge in [-0.1, -0.05) is 0 Å². The maximum Gasteiger partial charge on any atom is 0.309 e. The van der Waals surface area contributed by atoms with E-state index in [2.05, 4.69) is 10.4 Å². The lowest BCUT2D eigenvalue weighted by molar-refractivity contribution is -0.385. The molecule has 0 saturated carbocycles. The van der Waals surface area contributed by atoms with E-state index >= 15 is 0 Å². The Hall–Kier alpha value is -3.50. The van der Waals surface area contributed by atoms with Crippen LogP contribution in [-0.2, 0) is 4.79 Å². The van der Waals surface area contributed by atoms with Crippen molar-refractivity contribution < 1.29 is 19.7 Å². The Balaban J connectivity index is 2.21. The number of phenols is 1. The maximum atomic E-state index is 12.2. The topological polar surface area (TPSA) is 153 Å². The van der Waals surface area contributed by atoms with E-state index in [1.807, 2.05) is 0 Å². The molecule has 1 aromatic heterocycles. The Labute approximate surface area is 134 Å². The van der Waals surface area contributed by atoms with Crippen LogP contribution in [0.5, 0.6) is 5.75 Å². The minimum absolute atomic E-state index is 0.0169. The number of hydrogen-bond donors (Lipinski definition) is 2. The van der Waals surface area contributed by atoms with Crippen LogP contribution in [0.25, 0.3) is 0 Å². The molecule has 0 aliphatic heterocycles. The number of nitro groups is 2. The molecule has 1 unspecified atom stereocenters. The number of phenolic OH excluding ortho intramolecular Hbond substituents is 1. The van der Waals surface area contributed by atoms with Crippen molar-refractivity contribution in [3.8, 4) is 5.75 Å². The number of aromatic hydroxyl groups is 1. The summed E-state index contributed by atoms with van der Waals surface area (Å²) in [5.74, 6) is -1.06. The molecule has 1 atom stereocenters. The molecule has 2 N–H and O–H groups in total. The molecular weight excluding hydrogens is 322 g/mol. The van der Waals surface area contributed by atoms with Gasteiger partial charge in [0.15, 0.2) is 0 Å². The van der Waals surface area contributed by atoms with Crippen LogP contribution in [0.2, 0.25) is 0 Å². The third kappa shape index (κ3) is 3.14. The lowest BCUT2D eigenvalue weighted by Gasteiger charge is -2.14. The van der Waals surface area contributed by atoms with Crippen LogP contribution >= 0.6 is 0 Å². The second kappa shape index (κ2) is 6.32. The Kier molecular flexibility index (Phi) is 4.44.